The van der Waals surface area contributed by atoms with Gasteiger partial charge in [-0.25, -0.2) is 0 Å². The van der Waals surface area contributed by atoms with Gasteiger partial charge in [-0.05, 0) is 86.1 Å². The van der Waals surface area contributed by atoms with Crippen molar-refractivity contribution in [3.05, 3.63) is 88.5 Å². The molecule has 0 aromatic heterocycles. The van der Waals surface area contributed by atoms with Crippen LogP contribution in [0.2, 0.25) is 0 Å². The van der Waals surface area contributed by atoms with Gasteiger partial charge in [-0.2, -0.15) is 0 Å². The van der Waals surface area contributed by atoms with Gasteiger partial charge in [-0.15, -0.1) is 0 Å². The summed E-state index contributed by atoms with van der Waals surface area (Å²) in [5.74, 6) is 0.955. The highest BCUT2D eigenvalue weighted by molar-refractivity contribution is 6.15. The molecule has 0 saturated heterocycles. The largest absolute Gasteiger partial charge is 0.497 e. The number of nitrogens with zero attached hydrogens (tertiary/aromatic N) is 1. The van der Waals surface area contributed by atoms with E-state index in [0.717, 1.165) is 18.4 Å². The van der Waals surface area contributed by atoms with E-state index in [1.54, 1.807) is 68.8 Å². The lowest BCUT2D eigenvalue weighted by Crippen LogP contribution is -2.33. The predicted molar refractivity (Wildman–Crippen MR) is 142 cm³/mol. The Morgan fingerprint density at radius 1 is 0.806 bits per heavy atom. The molecular formula is C30H34N2O4. The van der Waals surface area contributed by atoms with Gasteiger partial charge in [-0.1, -0.05) is 19.3 Å². The van der Waals surface area contributed by atoms with Crippen LogP contribution in [0.4, 0.5) is 5.69 Å². The molecule has 2 N–H and O–H groups in total. The summed E-state index contributed by atoms with van der Waals surface area (Å²) in [6.45, 7) is 0.573. The van der Waals surface area contributed by atoms with E-state index in [2.05, 4.69) is 11.9 Å². The van der Waals surface area contributed by atoms with Crippen molar-refractivity contribution in [3.8, 4) is 11.5 Å². The number of ether oxygens (including phenoxy) is 2. The molecule has 0 aliphatic heterocycles. The number of rotatable bonds is 9. The SMILES string of the molecule is COc1ccc(C(=O)c2cc(CN(C)C3CCCCC3)c(N)c(C(=O)c3ccc(OC)cc3)c2)cc1. The fourth-order valence-electron chi connectivity index (χ4n) is 4.89. The molecule has 36 heavy (non-hydrogen) atoms. The molecule has 0 unspecified atom stereocenters. The summed E-state index contributed by atoms with van der Waals surface area (Å²) in [7, 11) is 5.26. The molecule has 0 radical (unpaired) electrons. The molecule has 6 heteroatoms. The predicted octanol–water partition coefficient (Wildman–Crippen LogP) is 5.51. The van der Waals surface area contributed by atoms with Crippen LogP contribution in [0.5, 0.6) is 11.5 Å². The minimum absolute atomic E-state index is 0.164. The van der Waals surface area contributed by atoms with Gasteiger partial charge >= 0.3 is 0 Å². The maximum atomic E-state index is 13.5. The van der Waals surface area contributed by atoms with Crippen molar-refractivity contribution in [2.75, 3.05) is 27.0 Å². The number of carbonyl (C=O) groups excluding carboxylic acids is 2. The highest BCUT2D eigenvalue weighted by Crippen LogP contribution is 2.29. The summed E-state index contributed by atoms with van der Waals surface area (Å²) in [6.07, 6.45) is 6.03. The van der Waals surface area contributed by atoms with Crippen LogP contribution < -0.4 is 15.2 Å². The fourth-order valence-corrected chi connectivity index (χ4v) is 4.89. The van der Waals surface area contributed by atoms with E-state index in [4.69, 9.17) is 15.2 Å². The van der Waals surface area contributed by atoms with E-state index >= 15 is 0 Å². The van der Waals surface area contributed by atoms with Gasteiger partial charge in [0.15, 0.2) is 11.6 Å². The molecule has 6 nitrogen and oxygen atoms in total. The topological polar surface area (TPSA) is 81.9 Å². The van der Waals surface area contributed by atoms with Crippen LogP contribution in [0, 0.1) is 0 Å². The molecule has 1 saturated carbocycles. The Labute approximate surface area is 213 Å². The lowest BCUT2D eigenvalue weighted by atomic mass is 9.91. The summed E-state index contributed by atoms with van der Waals surface area (Å²) < 4.78 is 10.4. The normalized spacial score (nSPS) is 14.0. The first-order valence-electron chi connectivity index (χ1n) is 12.4. The zero-order valence-electron chi connectivity index (χ0n) is 21.3. The molecule has 0 bridgehead atoms. The van der Waals surface area contributed by atoms with Crippen molar-refractivity contribution in [3.63, 3.8) is 0 Å². The van der Waals surface area contributed by atoms with Crippen molar-refractivity contribution in [2.24, 2.45) is 0 Å². The number of anilines is 1. The average molecular weight is 487 g/mol. The Bertz CT molecular complexity index is 1210. The van der Waals surface area contributed by atoms with Crippen LogP contribution in [0.3, 0.4) is 0 Å². The maximum Gasteiger partial charge on any atom is 0.195 e. The minimum Gasteiger partial charge on any atom is -0.497 e. The van der Waals surface area contributed by atoms with E-state index in [0.29, 0.717) is 52.0 Å². The first-order valence-corrected chi connectivity index (χ1v) is 12.4. The Kier molecular flexibility index (Phi) is 8.06. The third-order valence-corrected chi connectivity index (χ3v) is 7.09. The van der Waals surface area contributed by atoms with E-state index < -0.39 is 0 Å². The second kappa shape index (κ2) is 11.4. The fraction of sp³-hybridized carbons (Fsp3) is 0.333. The van der Waals surface area contributed by atoms with Gasteiger partial charge in [0, 0.05) is 40.5 Å². The molecule has 0 spiro atoms. The molecule has 3 aromatic rings. The summed E-state index contributed by atoms with van der Waals surface area (Å²) in [6, 6.07) is 17.8. The van der Waals surface area contributed by atoms with Crippen LogP contribution in [0.1, 0.15) is 69.5 Å². The van der Waals surface area contributed by atoms with Gasteiger partial charge in [0.05, 0.1) is 14.2 Å². The smallest absolute Gasteiger partial charge is 0.195 e. The number of hydrogen-bond donors (Lipinski definition) is 1. The lowest BCUT2D eigenvalue weighted by molar-refractivity contribution is 0.103. The Morgan fingerprint density at radius 2 is 1.33 bits per heavy atom. The second-order valence-electron chi connectivity index (χ2n) is 9.42. The Balaban J connectivity index is 1.73. The van der Waals surface area contributed by atoms with Gasteiger partial charge in [0.25, 0.3) is 0 Å². The molecule has 1 aliphatic rings. The van der Waals surface area contributed by atoms with Crippen molar-refractivity contribution in [2.45, 2.75) is 44.7 Å². The van der Waals surface area contributed by atoms with Crippen LogP contribution in [0.15, 0.2) is 60.7 Å². The molecular weight excluding hydrogens is 452 g/mol. The highest BCUT2D eigenvalue weighted by atomic mass is 16.5. The number of carbonyl (C=O) groups is 2. The molecule has 0 amide bonds. The van der Waals surface area contributed by atoms with Gasteiger partial charge in [-0.3, -0.25) is 14.5 Å². The van der Waals surface area contributed by atoms with E-state index in [1.807, 2.05) is 6.07 Å². The molecule has 3 aromatic carbocycles. The minimum atomic E-state index is -0.221. The second-order valence-corrected chi connectivity index (χ2v) is 9.42. The first-order chi connectivity index (χ1) is 17.4. The standard InChI is InChI=1S/C30H34N2O4/c1-32(24-7-5-4-6-8-24)19-23-17-22(29(33)20-9-13-25(35-2)14-10-20)18-27(28(23)31)30(34)21-11-15-26(36-3)16-12-21/h9-18,24H,4-8,19,31H2,1-3H3. The van der Waals surface area contributed by atoms with Crippen molar-refractivity contribution < 1.29 is 19.1 Å². The average Bonchev–Trinajstić information content (AvgIpc) is 2.94. The Morgan fingerprint density at radius 3 is 1.86 bits per heavy atom. The number of benzene rings is 3. The zero-order valence-corrected chi connectivity index (χ0v) is 21.3. The quantitative estimate of drug-likeness (QED) is 0.317. The van der Waals surface area contributed by atoms with Crippen molar-refractivity contribution >= 4 is 17.3 Å². The summed E-state index contributed by atoms with van der Waals surface area (Å²) in [5.41, 5.74) is 9.61. The summed E-state index contributed by atoms with van der Waals surface area (Å²) >= 11 is 0. The van der Waals surface area contributed by atoms with Crippen molar-refractivity contribution in [1.29, 1.82) is 0 Å². The molecule has 1 fully saturated rings. The number of nitrogen functional groups attached to an aromatic ring is 1. The first kappa shape index (κ1) is 25.5. The molecule has 188 valence electrons. The van der Waals surface area contributed by atoms with Crippen LogP contribution >= 0.6 is 0 Å². The number of nitrogens with two attached hydrogens (primary N) is 1. The molecule has 0 heterocycles. The molecule has 1 aliphatic carbocycles. The summed E-state index contributed by atoms with van der Waals surface area (Å²) in [4.78, 5) is 29.3. The number of ketones is 2. The monoisotopic (exact) mass is 486 g/mol. The van der Waals surface area contributed by atoms with Crippen LogP contribution in [-0.4, -0.2) is 43.8 Å². The highest BCUT2D eigenvalue weighted by Gasteiger charge is 2.23. The number of methoxy groups -OCH3 is 2. The maximum absolute atomic E-state index is 13.5. The van der Waals surface area contributed by atoms with Gasteiger partial charge < -0.3 is 15.2 Å². The molecule has 4 rings (SSSR count). The van der Waals surface area contributed by atoms with E-state index in [9.17, 15) is 9.59 Å². The molecule has 0 atom stereocenters. The Hall–Kier alpha value is -3.64. The van der Waals surface area contributed by atoms with E-state index in [-0.39, 0.29) is 11.6 Å². The van der Waals surface area contributed by atoms with E-state index in [1.165, 1.54) is 19.3 Å². The number of hydrogen-bond acceptors (Lipinski definition) is 6. The zero-order chi connectivity index (χ0) is 25.7. The lowest BCUT2D eigenvalue weighted by Gasteiger charge is -2.31. The van der Waals surface area contributed by atoms with Crippen LogP contribution in [-0.2, 0) is 6.54 Å². The van der Waals surface area contributed by atoms with Crippen molar-refractivity contribution in [1.82, 2.24) is 4.90 Å². The summed E-state index contributed by atoms with van der Waals surface area (Å²) in [5, 5.41) is 0. The van der Waals surface area contributed by atoms with Crippen LogP contribution in [0.25, 0.3) is 0 Å². The third-order valence-electron chi connectivity index (χ3n) is 7.09. The van der Waals surface area contributed by atoms with Gasteiger partial charge in [0.1, 0.15) is 11.5 Å². The third kappa shape index (κ3) is 5.60. The van der Waals surface area contributed by atoms with Gasteiger partial charge in [0.2, 0.25) is 0 Å².